The summed E-state index contributed by atoms with van der Waals surface area (Å²) in [6.45, 7) is 0.335. The molecular weight excluding hydrogens is 372 g/mol. The summed E-state index contributed by atoms with van der Waals surface area (Å²) in [5.74, 6) is 0.0139. The average Bonchev–Trinajstić information content (AvgIpc) is 3.13. The molecule has 2 aliphatic rings. The highest BCUT2D eigenvalue weighted by atomic mass is 16.7. The summed E-state index contributed by atoms with van der Waals surface area (Å²) >= 11 is 0. The molecule has 0 spiro atoms. The highest BCUT2D eigenvalue weighted by molar-refractivity contribution is 5.76. The van der Waals surface area contributed by atoms with E-state index >= 15 is 0 Å². The van der Waals surface area contributed by atoms with Crippen molar-refractivity contribution in [1.82, 2.24) is 4.90 Å². The number of hydrogen-bond donors (Lipinski definition) is 5. The largest absolute Gasteiger partial charge is 0.394 e. The molecule has 2 fully saturated rings. The van der Waals surface area contributed by atoms with Crippen LogP contribution in [0.2, 0.25) is 0 Å². The molecule has 6 N–H and O–H groups in total. The fourth-order valence-corrected chi connectivity index (χ4v) is 3.67. The van der Waals surface area contributed by atoms with Crippen LogP contribution in [-0.2, 0) is 19.0 Å². The number of carbonyl (C=O) groups is 1. The van der Waals surface area contributed by atoms with Gasteiger partial charge in [0.25, 0.3) is 0 Å². The van der Waals surface area contributed by atoms with Crippen LogP contribution in [0, 0.1) is 0 Å². The van der Waals surface area contributed by atoms with Crippen molar-refractivity contribution in [3.63, 3.8) is 0 Å². The molecule has 5 unspecified atom stereocenters. The number of hydrogen-bond acceptors (Lipinski definition) is 9. The van der Waals surface area contributed by atoms with Gasteiger partial charge in [0, 0.05) is 26.7 Å². The molecule has 10 nitrogen and oxygen atoms in total. The molecule has 2 heterocycles. The van der Waals surface area contributed by atoms with E-state index in [0.717, 1.165) is 6.42 Å². The minimum absolute atomic E-state index is 0.0139. The Bertz CT molecular complexity index is 481. The van der Waals surface area contributed by atoms with Crippen molar-refractivity contribution in [3.05, 3.63) is 0 Å². The number of likely N-dealkylation sites (tertiary alicyclic amines) is 1. The maximum Gasteiger partial charge on any atom is 0.222 e. The Morgan fingerprint density at radius 3 is 2.57 bits per heavy atom. The molecular formula is C18H34N2O8. The van der Waals surface area contributed by atoms with Gasteiger partial charge in [-0.05, 0) is 19.3 Å². The lowest BCUT2D eigenvalue weighted by molar-refractivity contribution is -0.265. The summed E-state index contributed by atoms with van der Waals surface area (Å²) in [5, 5.41) is 38.2. The van der Waals surface area contributed by atoms with E-state index in [2.05, 4.69) is 0 Å². The van der Waals surface area contributed by atoms with Crippen LogP contribution in [0.4, 0.5) is 0 Å². The van der Waals surface area contributed by atoms with E-state index < -0.39 is 37.3 Å². The Morgan fingerprint density at radius 2 is 1.93 bits per heavy atom. The molecule has 2 aliphatic heterocycles. The average molecular weight is 406 g/mol. The Labute approximate surface area is 165 Å². The van der Waals surface area contributed by atoms with Gasteiger partial charge in [-0.2, -0.15) is 0 Å². The number of nitrogens with zero attached hydrogens (tertiary/aromatic N) is 1. The second-order valence-electron chi connectivity index (χ2n) is 7.44. The topological polar surface area (TPSA) is 155 Å². The number of unbranched alkanes of at least 4 members (excludes halogenated alkanes) is 2. The highest BCUT2D eigenvalue weighted by Crippen LogP contribution is 2.22. The molecule has 2 rings (SSSR count). The van der Waals surface area contributed by atoms with Crippen LogP contribution in [0.25, 0.3) is 0 Å². The zero-order valence-electron chi connectivity index (χ0n) is 16.4. The number of amides is 1. The van der Waals surface area contributed by atoms with E-state index in [-0.39, 0.29) is 24.7 Å². The van der Waals surface area contributed by atoms with Gasteiger partial charge in [-0.15, -0.1) is 0 Å². The van der Waals surface area contributed by atoms with E-state index in [1.165, 1.54) is 0 Å². The molecule has 7 atom stereocenters. The number of nitrogens with two attached hydrogens (primary N) is 1. The quantitative estimate of drug-likeness (QED) is 0.258. The molecule has 0 aromatic heterocycles. The molecule has 0 aromatic carbocycles. The predicted octanol–water partition coefficient (Wildman–Crippen LogP) is -2.06. The number of aliphatic hydroxyl groups excluding tert-OH is 4. The van der Waals surface area contributed by atoms with Crippen molar-refractivity contribution in [1.29, 1.82) is 0 Å². The van der Waals surface area contributed by atoms with Gasteiger partial charge in [-0.3, -0.25) is 4.79 Å². The molecule has 0 radical (unpaired) electrons. The lowest BCUT2D eigenvalue weighted by Crippen LogP contribution is -2.62. The zero-order chi connectivity index (χ0) is 20.7. The van der Waals surface area contributed by atoms with E-state index in [0.29, 0.717) is 38.8 Å². The lowest BCUT2D eigenvalue weighted by atomic mass is 9.98. The Hall–Kier alpha value is -0.850. The van der Waals surface area contributed by atoms with Crippen LogP contribution in [-0.4, -0.2) is 107 Å². The number of aliphatic hydroxyl groups is 4. The van der Waals surface area contributed by atoms with Gasteiger partial charge >= 0.3 is 0 Å². The van der Waals surface area contributed by atoms with Crippen LogP contribution in [0.5, 0.6) is 0 Å². The van der Waals surface area contributed by atoms with Crippen molar-refractivity contribution in [2.45, 2.75) is 74.9 Å². The number of methoxy groups -OCH3 is 1. The molecule has 2 saturated heterocycles. The van der Waals surface area contributed by atoms with Gasteiger partial charge in [0.1, 0.15) is 18.3 Å². The molecule has 1 amide bonds. The van der Waals surface area contributed by atoms with Gasteiger partial charge in [0.2, 0.25) is 5.91 Å². The van der Waals surface area contributed by atoms with Crippen LogP contribution in [0.3, 0.4) is 0 Å². The third-order valence-corrected chi connectivity index (χ3v) is 5.49. The van der Waals surface area contributed by atoms with Crippen molar-refractivity contribution in [3.8, 4) is 0 Å². The van der Waals surface area contributed by atoms with Gasteiger partial charge in [0.05, 0.1) is 31.4 Å². The fourth-order valence-electron chi connectivity index (χ4n) is 3.67. The summed E-state index contributed by atoms with van der Waals surface area (Å²) in [5.41, 5.74) is 5.81. The lowest BCUT2D eigenvalue weighted by Gasteiger charge is -2.40. The first-order valence-electron chi connectivity index (χ1n) is 9.85. The third-order valence-electron chi connectivity index (χ3n) is 5.49. The molecule has 0 aliphatic carbocycles. The monoisotopic (exact) mass is 406 g/mol. The van der Waals surface area contributed by atoms with Crippen molar-refractivity contribution in [2.24, 2.45) is 5.73 Å². The molecule has 10 heteroatoms. The van der Waals surface area contributed by atoms with Gasteiger partial charge in [0.15, 0.2) is 6.29 Å². The third kappa shape index (κ3) is 5.83. The van der Waals surface area contributed by atoms with Crippen LogP contribution in [0.15, 0.2) is 0 Å². The molecule has 28 heavy (non-hydrogen) atoms. The number of rotatable bonds is 10. The Kier molecular flexibility index (Phi) is 9.51. The van der Waals surface area contributed by atoms with E-state index in [4.69, 9.17) is 19.9 Å². The second-order valence-corrected chi connectivity index (χ2v) is 7.44. The fraction of sp³-hybridized carbons (Fsp3) is 0.944. The van der Waals surface area contributed by atoms with Crippen molar-refractivity contribution < 1.29 is 39.4 Å². The van der Waals surface area contributed by atoms with Gasteiger partial charge < -0.3 is 45.3 Å². The van der Waals surface area contributed by atoms with Crippen LogP contribution in [0.1, 0.15) is 32.1 Å². The first-order chi connectivity index (χ1) is 13.4. The summed E-state index contributed by atoms with van der Waals surface area (Å²) in [6, 6.07) is -1.08. The Morgan fingerprint density at radius 1 is 1.18 bits per heavy atom. The first-order valence-corrected chi connectivity index (χ1v) is 9.85. The maximum atomic E-state index is 12.4. The van der Waals surface area contributed by atoms with Gasteiger partial charge in [-0.25, -0.2) is 0 Å². The summed E-state index contributed by atoms with van der Waals surface area (Å²) in [4.78, 5) is 14.0. The molecule has 164 valence electrons. The molecule has 0 bridgehead atoms. The summed E-state index contributed by atoms with van der Waals surface area (Å²) in [7, 11) is 1.61. The van der Waals surface area contributed by atoms with Gasteiger partial charge in [-0.1, -0.05) is 6.42 Å². The van der Waals surface area contributed by atoms with E-state index in [1.54, 1.807) is 12.0 Å². The number of carbonyl (C=O) groups excluding carboxylic acids is 1. The van der Waals surface area contributed by atoms with Crippen molar-refractivity contribution in [2.75, 3.05) is 33.5 Å². The normalized spacial score (nSPS) is 36.1. The standard InChI is InChI=1S/C18H34N2O8/c1-26-12-7-11(9-21)20(8-12)14(23)5-3-2-4-6-27-18-15(19)17(25)16(24)13(10-22)28-18/h11-13,15-18,21-22,24-25H,2-10,19H2,1H3/t11-,12+,13?,15?,16?,17?,18?/m0/s1. The SMILES string of the molecule is CO[C@@H]1C[C@@H](CO)N(C(=O)CCCCCOC2OC(CO)C(O)C(O)C2N)C1. The Balaban J connectivity index is 1.63. The number of ether oxygens (including phenoxy) is 3. The van der Waals surface area contributed by atoms with E-state index in [9.17, 15) is 25.2 Å². The molecule has 0 saturated carbocycles. The first kappa shape index (κ1) is 23.4. The summed E-state index contributed by atoms with van der Waals surface area (Å²) < 4.78 is 16.2. The maximum absolute atomic E-state index is 12.4. The predicted molar refractivity (Wildman–Crippen MR) is 98.2 cm³/mol. The molecule has 0 aromatic rings. The van der Waals surface area contributed by atoms with Crippen LogP contribution < -0.4 is 5.73 Å². The van der Waals surface area contributed by atoms with Crippen LogP contribution >= 0.6 is 0 Å². The van der Waals surface area contributed by atoms with E-state index in [1.807, 2.05) is 0 Å². The zero-order valence-corrected chi connectivity index (χ0v) is 16.4. The highest BCUT2D eigenvalue weighted by Gasteiger charge is 2.42. The second kappa shape index (κ2) is 11.4. The smallest absolute Gasteiger partial charge is 0.222 e. The summed E-state index contributed by atoms with van der Waals surface area (Å²) in [6.07, 6.45) is -1.18. The van der Waals surface area contributed by atoms with Crippen molar-refractivity contribution >= 4 is 5.91 Å². The minimum Gasteiger partial charge on any atom is -0.394 e. The minimum atomic E-state index is -1.25.